The molecule has 1 aliphatic rings. The Hall–Kier alpha value is -3.04. The van der Waals surface area contributed by atoms with E-state index in [1.807, 2.05) is 74.5 Å². The van der Waals surface area contributed by atoms with Crippen LogP contribution >= 0.6 is 11.3 Å². The minimum absolute atomic E-state index is 0.273. The molecule has 4 atom stereocenters. The Balaban J connectivity index is 1.69. The molecule has 8 heteroatoms. The fraction of sp³-hybridized carbons (Fsp3) is 0.333. The summed E-state index contributed by atoms with van der Waals surface area (Å²) in [5.74, 6) is -0.535. The molecule has 1 aliphatic heterocycles. The maximum absolute atomic E-state index is 12.3. The van der Waals surface area contributed by atoms with Crippen molar-refractivity contribution >= 4 is 29.4 Å². The van der Waals surface area contributed by atoms with Crippen molar-refractivity contribution in [3.05, 3.63) is 87.6 Å². The summed E-state index contributed by atoms with van der Waals surface area (Å²) >= 11 is 1.32. The van der Waals surface area contributed by atoms with Crippen LogP contribution in [-0.4, -0.2) is 37.3 Å². The van der Waals surface area contributed by atoms with E-state index in [1.54, 1.807) is 5.38 Å². The Morgan fingerprint density at radius 2 is 1.71 bits per heavy atom. The summed E-state index contributed by atoms with van der Waals surface area (Å²) in [6.07, 6.45) is -0.767. The van der Waals surface area contributed by atoms with E-state index in [-0.39, 0.29) is 11.7 Å². The summed E-state index contributed by atoms with van der Waals surface area (Å²) in [6.45, 7) is 4.65. The van der Waals surface area contributed by atoms with Gasteiger partial charge in [-0.1, -0.05) is 60.7 Å². The monoisotopic (exact) mass is 495 g/mol. The summed E-state index contributed by atoms with van der Waals surface area (Å²) in [6, 6.07) is 19.8. The first-order valence-corrected chi connectivity index (χ1v) is 12.2. The van der Waals surface area contributed by atoms with Gasteiger partial charge < -0.3 is 24.3 Å². The van der Waals surface area contributed by atoms with Crippen LogP contribution in [0, 0.1) is 0 Å². The van der Waals surface area contributed by atoms with Crippen LogP contribution in [0.3, 0.4) is 0 Å². The Morgan fingerprint density at radius 3 is 2.31 bits per heavy atom. The first kappa shape index (κ1) is 25.1. The summed E-state index contributed by atoms with van der Waals surface area (Å²) in [5, 5.41) is 4.33. The average Bonchev–Trinajstić information content (AvgIpc) is 3.40. The molecule has 35 heavy (non-hydrogen) atoms. The second-order valence-electron chi connectivity index (χ2n) is 8.54. The van der Waals surface area contributed by atoms with E-state index in [9.17, 15) is 9.59 Å². The third kappa shape index (κ3) is 5.31. The highest BCUT2D eigenvalue weighted by Crippen LogP contribution is 2.50. The van der Waals surface area contributed by atoms with E-state index >= 15 is 0 Å². The fourth-order valence-electron chi connectivity index (χ4n) is 4.42. The van der Waals surface area contributed by atoms with Crippen molar-refractivity contribution in [3.8, 4) is 0 Å². The maximum atomic E-state index is 12.3. The summed E-state index contributed by atoms with van der Waals surface area (Å²) in [7, 11) is 1.30. The minimum Gasteiger partial charge on any atom is -0.465 e. The standard InChI is InChI=1S/C27H29NO6S/c1-18-24(32-14-19-10-6-4-7-11-19)27(2,33-15-20-12-8-5-9-13-20)25(34-18)23-22(28-17-29)21(16-35-23)26(30)31-3/h4-13,16-18,24-25H,14-15H2,1-3H3,(H,28,29)/t18?,24-,25?,27-/m1/s1. The molecule has 0 bridgehead atoms. The first-order valence-electron chi connectivity index (χ1n) is 11.4. The number of amides is 1. The summed E-state index contributed by atoms with van der Waals surface area (Å²) in [4.78, 5) is 24.4. The highest BCUT2D eigenvalue weighted by atomic mass is 32.1. The number of carbonyl (C=O) groups excluding carboxylic acids is 2. The Labute approximate surface area is 209 Å². The van der Waals surface area contributed by atoms with Gasteiger partial charge in [-0.25, -0.2) is 4.79 Å². The average molecular weight is 496 g/mol. The van der Waals surface area contributed by atoms with Gasteiger partial charge in [-0.2, -0.15) is 0 Å². The molecule has 184 valence electrons. The zero-order valence-electron chi connectivity index (χ0n) is 19.9. The van der Waals surface area contributed by atoms with Crippen molar-refractivity contribution < 1.29 is 28.5 Å². The molecule has 2 aromatic carbocycles. The Morgan fingerprint density at radius 1 is 1.09 bits per heavy atom. The molecule has 1 N–H and O–H groups in total. The molecule has 2 unspecified atom stereocenters. The van der Waals surface area contributed by atoms with Gasteiger partial charge in [0.05, 0.1) is 42.6 Å². The van der Waals surface area contributed by atoms with E-state index in [2.05, 4.69) is 5.32 Å². The molecule has 0 saturated carbocycles. The minimum atomic E-state index is -0.915. The van der Waals surface area contributed by atoms with Gasteiger partial charge in [-0.05, 0) is 25.0 Å². The van der Waals surface area contributed by atoms with Gasteiger partial charge in [0.15, 0.2) is 0 Å². The quantitative estimate of drug-likeness (QED) is 0.310. The SMILES string of the molecule is COC(=O)c1csc(C2OC(C)[C@@H](OCc3ccccc3)[C@@]2(C)OCc2ccccc2)c1NC=O. The molecule has 2 heterocycles. The highest BCUT2D eigenvalue weighted by Gasteiger charge is 2.56. The third-order valence-electron chi connectivity index (χ3n) is 6.19. The van der Waals surface area contributed by atoms with Crippen LogP contribution in [0.25, 0.3) is 0 Å². The van der Waals surface area contributed by atoms with E-state index in [4.69, 9.17) is 18.9 Å². The van der Waals surface area contributed by atoms with Crippen LogP contribution in [0.1, 0.15) is 46.3 Å². The number of thiophene rings is 1. The number of esters is 1. The smallest absolute Gasteiger partial charge is 0.340 e. The fourth-order valence-corrected chi connectivity index (χ4v) is 5.58. The number of anilines is 1. The number of carbonyl (C=O) groups is 2. The van der Waals surface area contributed by atoms with Gasteiger partial charge in [-0.15, -0.1) is 11.3 Å². The predicted molar refractivity (Wildman–Crippen MR) is 133 cm³/mol. The molecular formula is C27H29NO6S. The molecule has 0 spiro atoms. The van der Waals surface area contributed by atoms with Gasteiger partial charge >= 0.3 is 5.97 Å². The van der Waals surface area contributed by atoms with Crippen LogP contribution in [0.4, 0.5) is 5.69 Å². The lowest BCUT2D eigenvalue weighted by molar-refractivity contribution is -0.145. The molecule has 0 radical (unpaired) electrons. The van der Waals surface area contributed by atoms with Crippen molar-refractivity contribution in [3.63, 3.8) is 0 Å². The number of rotatable bonds is 10. The van der Waals surface area contributed by atoms with Crippen molar-refractivity contribution in [2.45, 2.75) is 51.0 Å². The normalized spacial score (nSPS) is 23.7. The molecule has 3 aromatic rings. The van der Waals surface area contributed by atoms with Gasteiger partial charge in [0.1, 0.15) is 17.8 Å². The van der Waals surface area contributed by atoms with Crippen LogP contribution in [0.2, 0.25) is 0 Å². The molecule has 4 rings (SSSR count). The van der Waals surface area contributed by atoms with Gasteiger partial charge in [0.2, 0.25) is 6.41 Å². The number of hydrogen-bond donors (Lipinski definition) is 1. The number of hydrogen-bond acceptors (Lipinski definition) is 7. The molecule has 7 nitrogen and oxygen atoms in total. The maximum Gasteiger partial charge on any atom is 0.340 e. The van der Waals surface area contributed by atoms with Crippen LogP contribution in [0.5, 0.6) is 0 Å². The largest absolute Gasteiger partial charge is 0.465 e. The van der Waals surface area contributed by atoms with Crippen molar-refractivity contribution in [2.75, 3.05) is 12.4 Å². The molecule has 1 aromatic heterocycles. The van der Waals surface area contributed by atoms with Crippen molar-refractivity contribution in [1.82, 2.24) is 0 Å². The van der Waals surface area contributed by atoms with Crippen molar-refractivity contribution in [1.29, 1.82) is 0 Å². The van der Waals surface area contributed by atoms with E-state index in [0.717, 1.165) is 11.1 Å². The Kier molecular flexibility index (Phi) is 7.97. The third-order valence-corrected chi connectivity index (χ3v) is 7.22. The lowest BCUT2D eigenvalue weighted by atomic mass is 9.90. The lowest BCUT2D eigenvalue weighted by Gasteiger charge is -2.35. The summed E-state index contributed by atoms with van der Waals surface area (Å²) < 4.78 is 24.3. The van der Waals surface area contributed by atoms with Gasteiger partial charge in [0, 0.05) is 5.38 Å². The van der Waals surface area contributed by atoms with E-state index < -0.39 is 23.8 Å². The van der Waals surface area contributed by atoms with Crippen LogP contribution in [0.15, 0.2) is 66.0 Å². The zero-order valence-corrected chi connectivity index (χ0v) is 20.7. The number of methoxy groups -OCH3 is 1. The highest BCUT2D eigenvalue weighted by molar-refractivity contribution is 7.11. The summed E-state index contributed by atoms with van der Waals surface area (Å²) in [5.41, 5.74) is 1.78. The zero-order chi connectivity index (χ0) is 24.8. The van der Waals surface area contributed by atoms with Crippen molar-refractivity contribution in [2.24, 2.45) is 0 Å². The van der Waals surface area contributed by atoms with Crippen LogP contribution < -0.4 is 5.32 Å². The number of benzene rings is 2. The van der Waals surface area contributed by atoms with E-state index in [1.165, 1.54) is 18.4 Å². The molecular weight excluding hydrogens is 466 g/mol. The van der Waals surface area contributed by atoms with Gasteiger partial charge in [0.25, 0.3) is 0 Å². The number of ether oxygens (including phenoxy) is 4. The molecule has 1 amide bonds. The Bertz CT molecular complexity index is 1140. The van der Waals surface area contributed by atoms with E-state index in [0.29, 0.717) is 30.2 Å². The van der Waals surface area contributed by atoms with Gasteiger partial charge in [-0.3, -0.25) is 4.79 Å². The molecule has 1 fully saturated rings. The second kappa shape index (κ2) is 11.1. The first-order chi connectivity index (χ1) is 17.0. The molecule has 1 saturated heterocycles. The topological polar surface area (TPSA) is 83.1 Å². The van der Waals surface area contributed by atoms with Crippen LogP contribution in [-0.2, 0) is 37.0 Å². The number of nitrogens with one attached hydrogen (secondary N) is 1. The predicted octanol–water partition coefficient (Wildman–Crippen LogP) is 5.12. The second-order valence-corrected chi connectivity index (χ2v) is 9.45. The molecule has 0 aliphatic carbocycles. The lowest BCUT2D eigenvalue weighted by Crippen LogP contribution is -2.45.